The number of fused-ring (bicyclic) bond motifs is 1. The molecular formula is C18H21Cl2N. The molecule has 1 aromatic carbocycles. The second-order valence-electron chi connectivity index (χ2n) is 6.08. The Bertz CT molecular complexity index is 591. The summed E-state index contributed by atoms with van der Waals surface area (Å²) in [6.07, 6.45) is 6.58. The third kappa shape index (κ3) is 2.67. The topological polar surface area (TPSA) is 12.0 Å². The van der Waals surface area contributed by atoms with E-state index in [1.165, 1.54) is 24.0 Å². The highest BCUT2D eigenvalue weighted by atomic mass is 35.5. The van der Waals surface area contributed by atoms with Crippen LogP contribution in [0.3, 0.4) is 0 Å². The summed E-state index contributed by atoms with van der Waals surface area (Å²) in [4.78, 5) is 0. The first-order valence-electron chi connectivity index (χ1n) is 7.63. The van der Waals surface area contributed by atoms with Crippen molar-refractivity contribution < 1.29 is 0 Å². The standard InChI is InChI=1S/C18H21Cl2N/c1-11-12(7-9-16(19)18(11)20)14-8-10-17(21-2)15-6-4-3-5-13(14)15/h3-7,9,11-12,14,17,21H,8,10H2,1-2H3/t11?,12?,14-,17-/m0/s1. The minimum atomic E-state index is 0.286. The van der Waals surface area contributed by atoms with Crippen LogP contribution >= 0.6 is 23.2 Å². The van der Waals surface area contributed by atoms with Crippen LogP contribution in [0.1, 0.15) is 42.9 Å². The van der Waals surface area contributed by atoms with Gasteiger partial charge in [0.05, 0.1) is 5.03 Å². The van der Waals surface area contributed by atoms with Crippen LogP contribution in [0.25, 0.3) is 0 Å². The van der Waals surface area contributed by atoms with Crippen molar-refractivity contribution in [3.63, 3.8) is 0 Å². The monoisotopic (exact) mass is 321 g/mol. The lowest BCUT2D eigenvalue weighted by atomic mass is 9.69. The number of allylic oxidation sites excluding steroid dienone is 4. The molecule has 2 unspecified atom stereocenters. The molecule has 1 N–H and O–H groups in total. The summed E-state index contributed by atoms with van der Waals surface area (Å²) >= 11 is 12.6. The predicted octanol–water partition coefficient (Wildman–Crippen LogP) is 5.34. The SMILES string of the molecule is CN[C@H]1CC[C@@H](C2C=CC(Cl)=C(Cl)C2C)c2ccccc21. The summed E-state index contributed by atoms with van der Waals surface area (Å²) in [5.41, 5.74) is 2.90. The maximum atomic E-state index is 6.40. The molecular weight excluding hydrogens is 301 g/mol. The van der Waals surface area contributed by atoms with Crippen LogP contribution in [0.4, 0.5) is 0 Å². The van der Waals surface area contributed by atoms with Gasteiger partial charge in [0.1, 0.15) is 0 Å². The van der Waals surface area contributed by atoms with Gasteiger partial charge >= 0.3 is 0 Å². The third-order valence-electron chi connectivity index (χ3n) is 5.02. The van der Waals surface area contributed by atoms with Crippen LogP contribution < -0.4 is 5.32 Å². The van der Waals surface area contributed by atoms with Gasteiger partial charge in [0.25, 0.3) is 0 Å². The number of hydrogen-bond donors (Lipinski definition) is 1. The third-order valence-corrected chi connectivity index (χ3v) is 5.99. The van der Waals surface area contributed by atoms with Crippen molar-refractivity contribution in [1.29, 1.82) is 0 Å². The van der Waals surface area contributed by atoms with E-state index in [1.807, 2.05) is 13.1 Å². The molecule has 0 aromatic heterocycles. The zero-order chi connectivity index (χ0) is 15.0. The summed E-state index contributed by atoms with van der Waals surface area (Å²) in [5, 5.41) is 4.93. The Hall–Kier alpha value is -0.760. The van der Waals surface area contributed by atoms with Crippen LogP contribution in [0, 0.1) is 11.8 Å². The van der Waals surface area contributed by atoms with Gasteiger partial charge in [-0.05, 0) is 48.9 Å². The van der Waals surface area contributed by atoms with E-state index in [-0.39, 0.29) is 5.92 Å². The fourth-order valence-electron chi connectivity index (χ4n) is 3.83. The Kier molecular flexibility index (Phi) is 4.44. The van der Waals surface area contributed by atoms with E-state index in [9.17, 15) is 0 Å². The quantitative estimate of drug-likeness (QED) is 0.775. The first kappa shape index (κ1) is 15.1. The van der Waals surface area contributed by atoms with Gasteiger partial charge < -0.3 is 5.32 Å². The minimum Gasteiger partial charge on any atom is -0.313 e. The molecule has 2 aliphatic rings. The molecule has 0 fully saturated rings. The van der Waals surface area contributed by atoms with Crippen molar-refractivity contribution in [2.75, 3.05) is 7.05 Å². The highest BCUT2D eigenvalue weighted by Gasteiger charge is 2.35. The predicted molar refractivity (Wildman–Crippen MR) is 90.7 cm³/mol. The summed E-state index contributed by atoms with van der Waals surface area (Å²) in [6.45, 7) is 2.19. The summed E-state index contributed by atoms with van der Waals surface area (Å²) in [7, 11) is 2.05. The highest BCUT2D eigenvalue weighted by molar-refractivity contribution is 6.40. The molecule has 112 valence electrons. The molecule has 3 heteroatoms. The van der Waals surface area contributed by atoms with E-state index in [2.05, 4.69) is 42.6 Å². The fraction of sp³-hybridized carbons (Fsp3) is 0.444. The number of rotatable bonds is 2. The molecule has 1 nitrogen and oxygen atoms in total. The van der Waals surface area contributed by atoms with Gasteiger partial charge in [0, 0.05) is 17.0 Å². The molecule has 0 saturated heterocycles. The molecule has 3 rings (SSSR count). The minimum absolute atomic E-state index is 0.286. The van der Waals surface area contributed by atoms with Gasteiger partial charge in [-0.15, -0.1) is 0 Å². The first-order chi connectivity index (χ1) is 10.1. The van der Waals surface area contributed by atoms with Gasteiger partial charge in [-0.25, -0.2) is 0 Å². The Morgan fingerprint density at radius 2 is 1.81 bits per heavy atom. The summed E-state index contributed by atoms with van der Waals surface area (Å²) in [6, 6.07) is 9.28. The number of hydrogen-bond acceptors (Lipinski definition) is 1. The summed E-state index contributed by atoms with van der Waals surface area (Å²) < 4.78 is 0. The van der Waals surface area contributed by atoms with Crippen molar-refractivity contribution in [3.8, 4) is 0 Å². The molecule has 0 heterocycles. The van der Waals surface area contributed by atoms with E-state index in [0.717, 1.165) is 5.03 Å². The lowest BCUT2D eigenvalue weighted by Gasteiger charge is -2.38. The Balaban J connectivity index is 1.96. The molecule has 4 atom stereocenters. The van der Waals surface area contributed by atoms with Gasteiger partial charge in [0.2, 0.25) is 0 Å². The van der Waals surface area contributed by atoms with Crippen molar-refractivity contribution >= 4 is 23.2 Å². The molecule has 0 spiro atoms. The van der Waals surface area contributed by atoms with Gasteiger partial charge in [-0.1, -0.05) is 60.5 Å². The Morgan fingerprint density at radius 1 is 1.10 bits per heavy atom. The van der Waals surface area contributed by atoms with Crippen LogP contribution in [0.5, 0.6) is 0 Å². The zero-order valence-corrected chi connectivity index (χ0v) is 14.0. The van der Waals surface area contributed by atoms with Gasteiger partial charge in [-0.2, -0.15) is 0 Å². The highest BCUT2D eigenvalue weighted by Crippen LogP contribution is 2.47. The Labute approximate surface area is 137 Å². The van der Waals surface area contributed by atoms with Crippen molar-refractivity contribution in [3.05, 3.63) is 57.6 Å². The maximum absolute atomic E-state index is 6.40. The Morgan fingerprint density at radius 3 is 2.52 bits per heavy atom. The normalized spacial score (nSPS) is 32.2. The van der Waals surface area contributed by atoms with E-state index in [1.54, 1.807) is 0 Å². The molecule has 0 radical (unpaired) electrons. The lowest BCUT2D eigenvalue weighted by molar-refractivity contribution is 0.341. The smallest absolute Gasteiger partial charge is 0.0551 e. The van der Waals surface area contributed by atoms with Crippen LogP contribution in [0.15, 0.2) is 46.5 Å². The average molecular weight is 322 g/mol. The van der Waals surface area contributed by atoms with E-state index in [4.69, 9.17) is 23.2 Å². The van der Waals surface area contributed by atoms with Crippen molar-refractivity contribution in [2.24, 2.45) is 11.8 Å². The first-order valence-corrected chi connectivity index (χ1v) is 8.38. The van der Waals surface area contributed by atoms with E-state index >= 15 is 0 Å². The molecule has 0 bridgehead atoms. The average Bonchev–Trinajstić information content (AvgIpc) is 2.52. The fourth-order valence-corrected chi connectivity index (χ4v) is 4.29. The largest absolute Gasteiger partial charge is 0.313 e. The molecule has 21 heavy (non-hydrogen) atoms. The van der Waals surface area contributed by atoms with Crippen LogP contribution in [-0.2, 0) is 0 Å². The van der Waals surface area contributed by atoms with Crippen LogP contribution in [-0.4, -0.2) is 7.05 Å². The number of halogens is 2. The lowest BCUT2D eigenvalue weighted by Crippen LogP contribution is -2.29. The molecule has 0 aliphatic heterocycles. The molecule has 2 aliphatic carbocycles. The van der Waals surface area contributed by atoms with Gasteiger partial charge in [-0.3, -0.25) is 0 Å². The van der Waals surface area contributed by atoms with Crippen LogP contribution in [0.2, 0.25) is 0 Å². The zero-order valence-electron chi connectivity index (χ0n) is 12.4. The van der Waals surface area contributed by atoms with E-state index in [0.29, 0.717) is 22.9 Å². The van der Waals surface area contributed by atoms with E-state index < -0.39 is 0 Å². The second kappa shape index (κ2) is 6.16. The summed E-state index contributed by atoms with van der Waals surface area (Å²) in [5.74, 6) is 1.24. The second-order valence-corrected chi connectivity index (χ2v) is 6.89. The van der Waals surface area contributed by atoms with Crippen molar-refractivity contribution in [1.82, 2.24) is 5.32 Å². The molecule has 1 aromatic rings. The molecule has 0 amide bonds. The van der Waals surface area contributed by atoms with Gasteiger partial charge in [0.15, 0.2) is 0 Å². The molecule has 0 saturated carbocycles. The number of benzene rings is 1. The maximum Gasteiger partial charge on any atom is 0.0551 e. The van der Waals surface area contributed by atoms with Crippen molar-refractivity contribution in [2.45, 2.75) is 31.7 Å². The number of nitrogens with one attached hydrogen (secondary N) is 1.